The van der Waals surface area contributed by atoms with Crippen LogP contribution in [0.15, 0.2) is 29.3 Å². The highest BCUT2D eigenvalue weighted by atomic mass is 127. The van der Waals surface area contributed by atoms with Gasteiger partial charge in [-0.05, 0) is 38.2 Å². The highest BCUT2D eigenvalue weighted by Gasteiger charge is 2.23. The van der Waals surface area contributed by atoms with Crippen LogP contribution in [0.2, 0.25) is 0 Å². The summed E-state index contributed by atoms with van der Waals surface area (Å²) in [4.78, 5) is 23.6. The standard InChI is InChI=1S/C22H35N5O.HI/c1-19-6-8-20(9-7-19)10-11-24-22(23-2)27-16-14-25(15-17-27)18-21(28)26-12-4-3-5-13-26;/h6-9H,3-5,10-18H2,1-2H3,(H,23,24);1H. The number of aryl methyl sites for hydroxylation is 1. The number of likely N-dealkylation sites (tertiary alicyclic amines) is 1. The Labute approximate surface area is 192 Å². The first-order valence-corrected chi connectivity index (χ1v) is 10.7. The number of halogens is 1. The second-order valence-electron chi connectivity index (χ2n) is 7.91. The quantitative estimate of drug-likeness (QED) is 0.373. The number of nitrogens with zero attached hydrogens (tertiary/aromatic N) is 4. The average molecular weight is 513 g/mol. The fourth-order valence-electron chi connectivity index (χ4n) is 3.96. The zero-order valence-corrected chi connectivity index (χ0v) is 20.2. The van der Waals surface area contributed by atoms with Crippen molar-refractivity contribution in [2.75, 3.05) is 59.4 Å². The number of amides is 1. The lowest BCUT2D eigenvalue weighted by Crippen LogP contribution is -2.54. The van der Waals surface area contributed by atoms with Crippen LogP contribution in [0.4, 0.5) is 0 Å². The lowest BCUT2D eigenvalue weighted by molar-refractivity contribution is -0.133. The van der Waals surface area contributed by atoms with Gasteiger partial charge in [0, 0.05) is 52.9 Å². The molecule has 0 bridgehead atoms. The van der Waals surface area contributed by atoms with E-state index in [1.807, 2.05) is 11.9 Å². The van der Waals surface area contributed by atoms with E-state index < -0.39 is 0 Å². The number of rotatable bonds is 5. The molecule has 0 aliphatic carbocycles. The molecule has 6 nitrogen and oxygen atoms in total. The number of carbonyl (C=O) groups excluding carboxylic acids is 1. The summed E-state index contributed by atoms with van der Waals surface area (Å²) in [6.07, 6.45) is 4.57. The van der Waals surface area contributed by atoms with Gasteiger partial charge in [-0.25, -0.2) is 0 Å². The van der Waals surface area contributed by atoms with Gasteiger partial charge in [0.25, 0.3) is 0 Å². The zero-order chi connectivity index (χ0) is 19.8. The largest absolute Gasteiger partial charge is 0.356 e. The number of benzene rings is 1. The first kappa shape index (κ1) is 23.9. The van der Waals surface area contributed by atoms with Gasteiger partial charge in [0.1, 0.15) is 0 Å². The van der Waals surface area contributed by atoms with E-state index in [2.05, 4.69) is 51.3 Å². The van der Waals surface area contributed by atoms with Gasteiger partial charge in [-0.15, -0.1) is 24.0 Å². The summed E-state index contributed by atoms with van der Waals surface area (Å²) in [5.41, 5.74) is 2.64. The molecule has 7 heteroatoms. The third-order valence-electron chi connectivity index (χ3n) is 5.77. The fourth-order valence-corrected chi connectivity index (χ4v) is 3.96. The summed E-state index contributed by atoms with van der Waals surface area (Å²) in [6, 6.07) is 8.71. The Hall–Kier alpha value is -1.35. The number of nitrogens with one attached hydrogen (secondary N) is 1. The zero-order valence-electron chi connectivity index (χ0n) is 17.9. The van der Waals surface area contributed by atoms with Crippen LogP contribution in [-0.4, -0.2) is 86.0 Å². The van der Waals surface area contributed by atoms with Gasteiger partial charge < -0.3 is 15.1 Å². The van der Waals surface area contributed by atoms with Crippen LogP contribution in [0.1, 0.15) is 30.4 Å². The van der Waals surface area contributed by atoms with Crippen LogP contribution in [0, 0.1) is 6.92 Å². The highest BCUT2D eigenvalue weighted by molar-refractivity contribution is 14.0. The predicted molar refractivity (Wildman–Crippen MR) is 130 cm³/mol. The molecule has 2 saturated heterocycles. The van der Waals surface area contributed by atoms with Crippen molar-refractivity contribution in [3.05, 3.63) is 35.4 Å². The Balaban J connectivity index is 0.00000300. The van der Waals surface area contributed by atoms with Crippen LogP contribution in [0.25, 0.3) is 0 Å². The minimum atomic E-state index is 0. The molecule has 2 aliphatic rings. The molecule has 1 aromatic rings. The summed E-state index contributed by atoms with van der Waals surface area (Å²) in [5.74, 6) is 1.27. The van der Waals surface area contributed by atoms with Crippen molar-refractivity contribution < 1.29 is 4.79 Å². The molecule has 2 heterocycles. The Morgan fingerprint density at radius 2 is 1.62 bits per heavy atom. The SMILES string of the molecule is CN=C(NCCc1ccc(C)cc1)N1CCN(CC(=O)N2CCCCC2)CC1.I. The monoisotopic (exact) mass is 513 g/mol. The molecular formula is C22H36IN5O. The van der Waals surface area contributed by atoms with Gasteiger partial charge in [0.05, 0.1) is 6.54 Å². The molecule has 2 aliphatic heterocycles. The Morgan fingerprint density at radius 3 is 2.24 bits per heavy atom. The Bertz CT molecular complexity index is 650. The van der Waals surface area contributed by atoms with Crippen molar-refractivity contribution in [3.8, 4) is 0 Å². The lowest BCUT2D eigenvalue weighted by Gasteiger charge is -2.37. The van der Waals surface area contributed by atoms with Gasteiger partial charge >= 0.3 is 0 Å². The molecule has 1 N–H and O–H groups in total. The van der Waals surface area contributed by atoms with Crippen molar-refractivity contribution in [1.82, 2.24) is 20.0 Å². The van der Waals surface area contributed by atoms with Crippen molar-refractivity contribution in [3.63, 3.8) is 0 Å². The van der Waals surface area contributed by atoms with E-state index in [1.54, 1.807) is 0 Å². The maximum absolute atomic E-state index is 12.5. The molecule has 29 heavy (non-hydrogen) atoms. The Kier molecular flexibility index (Phi) is 10.2. The average Bonchev–Trinajstić information content (AvgIpc) is 2.74. The summed E-state index contributed by atoms with van der Waals surface area (Å²) in [5, 5.41) is 3.49. The molecule has 0 spiro atoms. The van der Waals surface area contributed by atoms with E-state index in [9.17, 15) is 4.79 Å². The van der Waals surface area contributed by atoms with E-state index in [1.165, 1.54) is 17.5 Å². The number of guanidine groups is 1. The second-order valence-corrected chi connectivity index (χ2v) is 7.91. The van der Waals surface area contributed by atoms with Gasteiger partial charge in [0.2, 0.25) is 5.91 Å². The van der Waals surface area contributed by atoms with Gasteiger partial charge in [0.15, 0.2) is 5.96 Å². The molecule has 2 fully saturated rings. The number of hydrogen-bond acceptors (Lipinski definition) is 3. The van der Waals surface area contributed by atoms with E-state index in [0.29, 0.717) is 12.5 Å². The summed E-state index contributed by atoms with van der Waals surface area (Å²) >= 11 is 0. The molecule has 1 amide bonds. The maximum Gasteiger partial charge on any atom is 0.236 e. The number of piperazine rings is 1. The number of aliphatic imine (C=N–C) groups is 1. The minimum Gasteiger partial charge on any atom is -0.356 e. The van der Waals surface area contributed by atoms with E-state index in [0.717, 1.165) is 71.0 Å². The van der Waals surface area contributed by atoms with E-state index in [-0.39, 0.29) is 24.0 Å². The second kappa shape index (κ2) is 12.4. The van der Waals surface area contributed by atoms with Crippen LogP contribution in [0.5, 0.6) is 0 Å². The summed E-state index contributed by atoms with van der Waals surface area (Å²) < 4.78 is 0. The van der Waals surface area contributed by atoms with Crippen molar-refractivity contribution in [1.29, 1.82) is 0 Å². The predicted octanol–water partition coefficient (Wildman–Crippen LogP) is 2.36. The molecule has 162 valence electrons. The van der Waals surface area contributed by atoms with Gasteiger partial charge in [-0.3, -0.25) is 14.7 Å². The van der Waals surface area contributed by atoms with Crippen molar-refractivity contribution in [2.24, 2.45) is 4.99 Å². The van der Waals surface area contributed by atoms with Crippen LogP contribution < -0.4 is 5.32 Å². The molecule has 0 saturated carbocycles. The maximum atomic E-state index is 12.5. The molecule has 0 radical (unpaired) electrons. The number of piperidine rings is 1. The van der Waals surface area contributed by atoms with Crippen LogP contribution in [-0.2, 0) is 11.2 Å². The van der Waals surface area contributed by atoms with Gasteiger partial charge in [-0.2, -0.15) is 0 Å². The van der Waals surface area contributed by atoms with Crippen molar-refractivity contribution >= 4 is 35.8 Å². The molecule has 0 atom stereocenters. The smallest absolute Gasteiger partial charge is 0.236 e. The molecule has 0 unspecified atom stereocenters. The minimum absolute atomic E-state index is 0. The normalized spacial score (nSPS) is 18.3. The van der Waals surface area contributed by atoms with Crippen LogP contribution in [0.3, 0.4) is 0 Å². The topological polar surface area (TPSA) is 51.2 Å². The van der Waals surface area contributed by atoms with E-state index in [4.69, 9.17) is 0 Å². The third-order valence-corrected chi connectivity index (χ3v) is 5.77. The number of hydrogen-bond donors (Lipinski definition) is 1. The van der Waals surface area contributed by atoms with Gasteiger partial charge in [-0.1, -0.05) is 29.8 Å². The summed E-state index contributed by atoms with van der Waals surface area (Å²) in [6.45, 7) is 9.10. The summed E-state index contributed by atoms with van der Waals surface area (Å²) in [7, 11) is 1.85. The number of carbonyl (C=O) groups is 1. The van der Waals surface area contributed by atoms with Crippen LogP contribution >= 0.6 is 24.0 Å². The molecule has 0 aromatic heterocycles. The first-order valence-electron chi connectivity index (χ1n) is 10.7. The first-order chi connectivity index (χ1) is 13.7. The van der Waals surface area contributed by atoms with Crippen molar-refractivity contribution in [2.45, 2.75) is 32.6 Å². The lowest BCUT2D eigenvalue weighted by atomic mass is 10.1. The van der Waals surface area contributed by atoms with E-state index >= 15 is 0 Å². The fraction of sp³-hybridized carbons (Fsp3) is 0.636. The third kappa shape index (κ3) is 7.44. The molecular weight excluding hydrogens is 477 g/mol. The Morgan fingerprint density at radius 1 is 0.966 bits per heavy atom. The molecule has 3 rings (SSSR count). The highest BCUT2D eigenvalue weighted by Crippen LogP contribution is 2.10. The molecule has 1 aromatic carbocycles.